The van der Waals surface area contributed by atoms with Crippen LogP contribution in [0.3, 0.4) is 0 Å². The third-order valence-corrected chi connectivity index (χ3v) is 4.52. The van der Waals surface area contributed by atoms with E-state index in [0.717, 1.165) is 16.8 Å². The number of aromatic nitrogens is 4. The molecule has 0 aliphatic rings. The molecular formula is C21H25N5O3. The molecule has 0 fully saturated rings. The van der Waals surface area contributed by atoms with Gasteiger partial charge in [-0.1, -0.05) is 31.2 Å². The van der Waals surface area contributed by atoms with Crippen molar-refractivity contribution < 1.29 is 14.3 Å². The van der Waals surface area contributed by atoms with Crippen molar-refractivity contribution in [3.8, 4) is 11.7 Å². The summed E-state index contributed by atoms with van der Waals surface area (Å²) in [5.41, 5.74) is 3.38. The number of carbonyl (C=O) groups excluding carboxylic acids is 1. The Bertz CT molecular complexity index is 953. The Morgan fingerprint density at radius 3 is 2.55 bits per heavy atom. The lowest BCUT2D eigenvalue weighted by atomic mass is 10.1. The van der Waals surface area contributed by atoms with E-state index in [9.17, 15) is 4.79 Å². The summed E-state index contributed by atoms with van der Waals surface area (Å²) in [7, 11) is 1.53. The summed E-state index contributed by atoms with van der Waals surface area (Å²) in [4.78, 5) is 12.8. The Hall–Kier alpha value is -3.26. The summed E-state index contributed by atoms with van der Waals surface area (Å²) in [6, 6.07) is 11.4. The summed E-state index contributed by atoms with van der Waals surface area (Å²) in [5.74, 6) is 0.771. The molecule has 3 rings (SSSR count). The van der Waals surface area contributed by atoms with E-state index < -0.39 is 0 Å². The van der Waals surface area contributed by atoms with Gasteiger partial charge in [0.15, 0.2) is 5.82 Å². The van der Waals surface area contributed by atoms with E-state index in [1.807, 2.05) is 38.1 Å². The zero-order valence-corrected chi connectivity index (χ0v) is 16.9. The highest BCUT2D eigenvalue weighted by molar-refractivity contribution is 5.95. The molecule has 0 aliphatic carbocycles. The average molecular weight is 395 g/mol. The zero-order valence-electron chi connectivity index (χ0n) is 16.9. The predicted molar refractivity (Wildman–Crippen MR) is 108 cm³/mol. The number of methoxy groups -OCH3 is 1. The Morgan fingerprint density at radius 2 is 1.90 bits per heavy atom. The fourth-order valence-corrected chi connectivity index (χ4v) is 2.99. The van der Waals surface area contributed by atoms with E-state index in [2.05, 4.69) is 20.6 Å². The molecule has 8 heteroatoms. The Labute approximate surface area is 169 Å². The van der Waals surface area contributed by atoms with Gasteiger partial charge in [0.25, 0.3) is 5.91 Å². The van der Waals surface area contributed by atoms with Crippen molar-refractivity contribution in [2.45, 2.75) is 33.4 Å². The Kier molecular flexibility index (Phi) is 6.91. The molecule has 29 heavy (non-hydrogen) atoms. The molecule has 8 nitrogen and oxygen atoms in total. The minimum absolute atomic E-state index is 0.180. The number of hydrogen-bond donors (Lipinski definition) is 1. The van der Waals surface area contributed by atoms with Crippen molar-refractivity contribution in [1.82, 2.24) is 25.3 Å². The highest BCUT2D eigenvalue weighted by atomic mass is 16.5. The zero-order chi connectivity index (χ0) is 20.6. The summed E-state index contributed by atoms with van der Waals surface area (Å²) in [5, 5.41) is 15.4. The van der Waals surface area contributed by atoms with E-state index in [4.69, 9.17) is 9.47 Å². The number of hydrogen-bond acceptors (Lipinski definition) is 6. The summed E-state index contributed by atoms with van der Waals surface area (Å²) < 4.78 is 12.2. The van der Waals surface area contributed by atoms with Crippen LogP contribution in [0.15, 0.2) is 42.6 Å². The molecule has 1 N–H and O–H groups in total. The van der Waals surface area contributed by atoms with Crippen LogP contribution in [0.4, 0.5) is 0 Å². The van der Waals surface area contributed by atoms with Crippen LogP contribution in [-0.4, -0.2) is 39.6 Å². The lowest BCUT2D eigenvalue weighted by molar-refractivity contribution is 0.0949. The summed E-state index contributed by atoms with van der Waals surface area (Å²) in [6.45, 7) is 5.52. The van der Waals surface area contributed by atoms with Crippen LogP contribution >= 0.6 is 0 Å². The predicted octanol–water partition coefficient (Wildman–Crippen LogP) is 2.70. The van der Waals surface area contributed by atoms with Gasteiger partial charge < -0.3 is 14.8 Å². The van der Waals surface area contributed by atoms with Gasteiger partial charge in [0, 0.05) is 19.2 Å². The van der Waals surface area contributed by atoms with Gasteiger partial charge in [0.05, 0.1) is 31.2 Å². The first-order valence-electron chi connectivity index (χ1n) is 9.55. The minimum Gasteiger partial charge on any atom is -0.480 e. The Morgan fingerprint density at radius 1 is 1.10 bits per heavy atom. The molecule has 1 aromatic carbocycles. The van der Waals surface area contributed by atoms with Crippen LogP contribution in [0.2, 0.25) is 0 Å². The van der Waals surface area contributed by atoms with Crippen LogP contribution < -0.4 is 10.1 Å². The summed E-state index contributed by atoms with van der Waals surface area (Å²) >= 11 is 0. The molecule has 0 saturated heterocycles. The van der Waals surface area contributed by atoms with Gasteiger partial charge >= 0.3 is 0 Å². The van der Waals surface area contributed by atoms with E-state index in [0.29, 0.717) is 43.4 Å². The fraction of sp³-hybridized carbons (Fsp3) is 0.333. The first kappa shape index (κ1) is 20.5. The number of rotatable bonds is 9. The van der Waals surface area contributed by atoms with Crippen molar-refractivity contribution in [3.63, 3.8) is 0 Å². The van der Waals surface area contributed by atoms with Gasteiger partial charge in [0.1, 0.15) is 0 Å². The van der Waals surface area contributed by atoms with Crippen molar-refractivity contribution in [3.05, 3.63) is 65.0 Å². The monoisotopic (exact) mass is 395 g/mol. The second-order valence-electron chi connectivity index (χ2n) is 6.29. The van der Waals surface area contributed by atoms with Gasteiger partial charge in [-0.3, -0.25) is 4.79 Å². The molecule has 0 aliphatic heterocycles. The van der Waals surface area contributed by atoms with Gasteiger partial charge in [-0.15, -0.1) is 10.2 Å². The second kappa shape index (κ2) is 9.79. The molecular weight excluding hydrogens is 370 g/mol. The highest BCUT2D eigenvalue weighted by Crippen LogP contribution is 2.16. The lowest BCUT2D eigenvalue weighted by Crippen LogP contribution is -2.24. The molecule has 0 atom stereocenters. The normalized spacial score (nSPS) is 10.7. The average Bonchev–Trinajstić information content (AvgIpc) is 3.20. The van der Waals surface area contributed by atoms with E-state index in [1.165, 1.54) is 7.11 Å². The van der Waals surface area contributed by atoms with E-state index in [-0.39, 0.29) is 5.91 Å². The molecule has 0 saturated carbocycles. The van der Waals surface area contributed by atoms with Crippen LogP contribution in [0.5, 0.6) is 5.88 Å². The van der Waals surface area contributed by atoms with Gasteiger partial charge in [-0.2, -0.15) is 5.10 Å². The largest absolute Gasteiger partial charge is 0.480 e. The number of nitrogens with zero attached hydrogens (tertiary/aromatic N) is 4. The number of amides is 1. The molecule has 1 amide bonds. The smallest absolute Gasteiger partial charge is 0.255 e. The Balaban J connectivity index is 1.76. The molecule has 0 unspecified atom stereocenters. The van der Waals surface area contributed by atoms with E-state index in [1.54, 1.807) is 23.0 Å². The van der Waals surface area contributed by atoms with Crippen molar-refractivity contribution in [2.24, 2.45) is 0 Å². The SMILES string of the molecule is CCOCc1ccccc1CNC(=O)c1cnn(-c2ccc(OC)nn2)c1CC. The van der Waals surface area contributed by atoms with Crippen molar-refractivity contribution in [1.29, 1.82) is 0 Å². The van der Waals surface area contributed by atoms with Gasteiger partial charge in [-0.05, 0) is 30.5 Å². The molecule has 0 spiro atoms. The molecule has 0 bridgehead atoms. The van der Waals surface area contributed by atoms with Gasteiger partial charge in [-0.25, -0.2) is 4.68 Å². The van der Waals surface area contributed by atoms with Crippen LogP contribution in [0.25, 0.3) is 5.82 Å². The molecule has 2 heterocycles. The number of nitrogens with one attached hydrogen (secondary N) is 1. The second-order valence-corrected chi connectivity index (χ2v) is 6.29. The number of benzene rings is 1. The topological polar surface area (TPSA) is 91.2 Å². The molecule has 0 radical (unpaired) electrons. The quantitative estimate of drug-likeness (QED) is 0.599. The lowest BCUT2D eigenvalue weighted by Gasteiger charge is -2.11. The highest BCUT2D eigenvalue weighted by Gasteiger charge is 2.18. The maximum Gasteiger partial charge on any atom is 0.255 e. The van der Waals surface area contributed by atoms with Crippen molar-refractivity contribution >= 4 is 5.91 Å². The van der Waals surface area contributed by atoms with Crippen LogP contribution in [-0.2, 0) is 24.3 Å². The molecule has 3 aromatic rings. The molecule has 2 aromatic heterocycles. The van der Waals surface area contributed by atoms with Crippen LogP contribution in [0.1, 0.15) is 41.0 Å². The first-order chi connectivity index (χ1) is 14.2. The summed E-state index contributed by atoms with van der Waals surface area (Å²) in [6.07, 6.45) is 2.18. The fourth-order valence-electron chi connectivity index (χ4n) is 2.99. The van der Waals surface area contributed by atoms with Crippen molar-refractivity contribution in [2.75, 3.05) is 13.7 Å². The first-order valence-corrected chi connectivity index (χ1v) is 9.55. The third-order valence-electron chi connectivity index (χ3n) is 4.52. The minimum atomic E-state index is -0.180. The van der Waals surface area contributed by atoms with Gasteiger partial charge in [0.2, 0.25) is 5.88 Å². The maximum atomic E-state index is 12.8. The molecule has 152 valence electrons. The standard InChI is InChI=1S/C21H25N5O3/c1-4-18-17(13-23-26(18)19-10-11-20(28-3)25-24-19)21(27)22-12-15-8-6-7-9-16(15)14-29-5-2/h6-11,13H,4-5,12,14H2,1-3H3,(H,22,27). The van der Waals surface area contributed by atoms with Crippen LogP contribution in [0, 0.1) is 0 Å². The van der Waals surface area contributed by atoms with E-state index >= 15 is 0 Å². The number of carbonyl (C=O) groups is 1. The maximum absolute atomic E-state index is 12.8. The third kappa shape index (κ3) is 4.78. The number of ether oxygens (including phenoxy) is 2.